The van der Waals surface area contributed by atoms with Crippen molar-refractivity contribution in [2.75, 3.05) is 5.73 Å². The smallest absolute Gasteiger partial charge is 0.287 e. The molecule has 1 aromatic carbocycles. The Kier molecular flexibility index (Phi) is 3.38. The maximum Gasteiger partial charge on any atom is 0.287 e. The number of guanidine groups is 1. The third kappa shape index (κ3) is 2.61. The predicted octanol–water partition coefficient (Wildman–Crippen LogP) is 0.133. The fourth-order valence-electron chi connectivity index (χ4n) is 0.955. The standard InChI is InChI=1S/C7H8BrFN4O2S/c8-3-1-6(5(10)2-4(3)9)16(14,15)13-7(11)12/h1-2H,10H2,(H4,11,12,13). The summed E-state index contributed by atoms with van der Waals surface area (Å²) in [5.74, 6) is -1.30. The van der Waals surface area contributed by atoms with Crippen LogP contribution in [0.2, 0.25) is 0 Å². The zero-order valence-corrected chi connectivity index (χ0v) is 10.2. The van der Waals surface area contributed by atoms with E-state index in [0.717, 1.165) is 12.1 Å². The molecule has 0 amide bonds. The average molecular weight is 311 g/mol. The number of benzene rings is 1. The molecule has 6 N–H and O–H groups in total. The summed E-state index contributed by atoms with van der Waals surface area (Å²) in [6.45, 7) is 0. The molecule has 0 radical (unpaired) electrons. The number of sulfonamides is 1. The minimum Gasteiger partial charge on any atom is -0.398 e. The molecule has 0 saturated carbocycles. The number of halogens is 2. The second kappa shape index (κ2) is 4.26. The van der Waals surface area contributed by atoms with Crippen LogP contribution in [0.15, 0.2) is 25.9 Å². The van der Waals surface area contributed by atoms with E-state index in [2.05, 4.69) is 20.3 Å². The van der Waals surface area contributed by atoms with Crippen LogP contribution in [0.5, 0.6) is 0 Å². The Morgan fingerprint density at radius 3 is 2.44 bits per heavy atom. The number of nitrogen functional groups attached to an aromatic ring is 1. The lowest BCUT2D eigenvalue weighted by atomic mass is 10.3. The molecule has 0 saturated heterocycles. The molecule has 0 aromatic heterocycles. The van der Waals surface area contributed by atoms with E-state index >= 15 is 0 Å². The van der Waals surface area contributed by atoms with Gasteiger partial charge in [0.25, 0.3) is 10.0 Å². The van der Waals surface area contributed by atoms with E-state index in [1.165, 1.54) is 0 Å². The zero-order chi connectivity index (χ0) is 12.5. The lowest BCUT2D eigenvalue weighted by molar-refractivity contribution is 0.596. The van der Waals surface area contributed by atoms with E-state index in [0.29, 0.717) is 0 Å². The van der Waals surface area contributed by atoms with Crippen molar-refractivity contribution in [3.05, 3.63) is 22.4 Å². The maximum atomic E-state index is 13.0. The molecule has 1 aromatic rings. The van der Waals surface area contributed by atoms with E-state index in [1.54, 1.807) is 0 Å². The minimum atomic E-state index is -4.11. The molecule has 9 heteroatoms. The van der Waals surface area contributed by atoms with Gasteiger partial charge in [0.2, 0.25) is 5.96 Å². The SMILES string of the molecule is NC(N)=NS(=O)(=O)c1cc(Br)c(F)cc1N. The highest BCUT2D eigenvalue weighted by Gasteiger charge is 2.19. The summed E-state index contributed by atoms with van der Waals surface area (Å²) < 4.78 is 39.1. The van der Waals surface area contributed by atoms with Crippen LogP contribution < -0.4 is 17.2 Å². The van der Waals surface area contributed by atoms with Crippen molar-refractivity contribution in [1.82, 2.24) is 0 Å². The summed E-state index contributed by atoms with van der Waals surface area (Å²) in [6.07, 6.45) is 0. The minimum absolute atomic E-state index is 0.0499. The lowest BCUT2D eigenvalue weighted by Gasteiger charge is -2.05. The first-order valence-corrected chi connectivity index (χ1v) is 6.08. The van der Waals surface area contributed by atoms with E-state index in [1.807, 2.05) is 0 Å². The van der Waals surface area contributed by atoms with E-state index in [4.69, 9.17) is 17.2 Å². The molecule has 88 valence electrons. The van der Waals surface area contributed by atoms with Crippen LogP contribution in [0.25, 0.3) is 0 Å². The number of hydrogen-bond donors (Lipinski definition) is 3. The van der Waals surface area contributed by atoms with Crippen LogP contribution in [0.4, 0.5) is 10.1 Å². The van der Waals surface area contributed by atoms with Crippen molar-refractivity contribution in [2.24, 2.45) is 15.9 Å². The molecule has 0 bridgehead atoms. The molecule has 6 nitrogen and oxygen atoms in total. The van der Waals surface area contributed by atoms with E-state index in [-0.39, 0.29) is 15.1 Å². The summed E-state index contributed by atoms with van der Waals surface area (Å²) in [5.41, 5.74) is 15.0. The van der Waals surface area contributed by atoms with Gasteiger partial charge in [-0.15, -0.1) is 4.40 Å². The van der Waals surface area contributed by atoms with E-state index < -0.39 is 21.8 Å². The quantitative estimate of drug-likeness (QED) is 0.407. The van der Waals surface area contributed by atoms with Gasteiger partial charge in [-0.05, 0) is 28.1 Å². The maximum absolute atomic E-state index is 13.0. The molecule has 0 heterocycles. The van der Waals surface area contributed by atoms with Gasteiger partial charge in [0.1, 0.15) is 10.7 Å². The van der Waals surface area contributed by atoms with Gasteiger partial charge in [0.05, 0.1) is 10.2 Å². The fourth-order valence-corrected chi connectivity index (χ4v) is 2.45. The molecular weight excluding hydrogens is 303 g/mol. The average Bonchev–Trinajstić information content (AvgIpc) is 2.08. The van der Waals surface area contributed by atoms with Crippen molar-refractivity contribution in [1.29, 1.82) is 0 Å². The highest BCUT2D eigenvalue weighted by atomic mass is 79.9. The largest absolute Gasteiger partial charge is 0.398 e. The topological polar surface area (TPSA) is 125 Å². The van der Waals surface area contributed by atoms with Gasteiger partial charge >= 0.3 is 0 Å². The van der Waals surface area contributed by atoms with Crippen molar-refractivity contribution >= 4 is 37.6 Å². The Labute approximate surface area is 99.5 Å². The van der Waals surface area contributed by atoms with Gasteiger partial charge < -0.3 is 17.2 Å². The van der Waals surface area contributed by atoms with Crippen LogP contribution in [0.1, 0.15) is 0 Å². The number of nitrogens with zero attached hydrogens (tertiary/aromatic N) is 1. The number of hydrogen-bond acceptors (Lipinski definition) is 3. The van der Waals surface area contributed by atoms with Crippen molar-refractivity contribution in [3.8, 4) is 0 Å². The Morgan fingerprint density at radius 2 is 1.94 bits per heavy atom. The highest BCUT2D eigenvalue weighted by molar-refractivity contribution is 9.10. The second-order valence-electron chi connectivity index (χ2n) is 2.80. The van der Waals surface area contributed by atoms with Crippen molar-refractivity contribution < 1.29 is 12.8 Å². The van der Waals surface area contributed by atoms with Gasteiger partial charge in [-0.3, -0.25) is 0 Å². The first-order valence-electron chi connectivity index (χ1n) is 3.84. The number of nitrogens with two attached hydrogens (primary N) is 3. The van der Waals surface area contributed by atoms with Crippen molar-refractivity contribution in [2.45, 2.75) is 4.90 Å². The predicted molar refractivity (Wildman–Crippen MR) is 61.5 cm³/mol. The third-order valence-electron chi connectivity index (χ3n) is 1.56. The Hall–Kier alpha value is -1.35. The van der Waals surface area contributed by atoms with E-state index in [9.17, 15) is 12.8 Å². The van der Waals surface area contributed by atoms with Crippen molar-refractivity contribution in [3.63, 3.8) is 0 Å². The molecule has 0 aliphatic heterocycles. The van der Waals surface area contributed by atoms with Gasteiger partial charge in [-0.2, -0.15) is 8.42 Å². The Balaban J connectivity index is 3.46. The Bertz CT molecular complexity index is 554. The normalized spacial score (nSPS) is 11.1. The monoisotopic (exact) mass is 310 g/mol. The van der Waals surface area contributed by atoms with Gasteiger partial charge in [-0.1, -0.05) is 0 Å². The van der Waals surface area contributed by atoms with Crippen LogP contribution in [0.3, 0.4) is 0 Å². The lowest BCUT2D eigenvalue weighted by Crippen LogP contribution is -2.24. The molecule has 0 unspecified atom stereocenters. The van der Waals surface area contributed by atoms with Gasteiger partial charge in [-0.25, -0.2) is 4.39 Å². The summed E-state index contributed by atoms with van der Waals surface area (Å²) in [7, 11) is -4.11. The molecule has 0 aliphatic carbocycles. The Morgan fingerprint density at radius 1 is 1.38 bits per heavy atom. The molecule has 0 aliphatic rings. The first-order chi connectivity index (χ1) is 7.24. The van der Waals surface area contributed by atoms with Crippen LogP contribution >= 0.6 is 15.9 Å². The van der Waals surface area contributed by atoms with Gasteiger partial charge in [0, 0.05) is 0 Å². The van der Waals surface area contributed by atoms with Crippen LogP contribution in [-0.2, 0) is 10.0 Å². The first kappa shape index (κ1) is 12.7. The number of anilines is 1. The molecule has 1 rings (SSSR count). The number of rotatable bonds is 2. The molecule has 0 atom stereocenters. The second-order valence-corrected chi connectivity index (χ2v) is 5.22. The summed E-state index contributed by atoms with van der Waals surface area (Å²) in [5, 5.41) is 0. The molecular formula is C7H8BrFN4O2S. The van der Waals surface area contributed by atoms with Gasteiger partial charge in [0.15, 0.2) is 0 Å². The summed E-state index contributed by atoms with van der Waals surface area (Å²) in [6, 6.07) is 1.85. The zero-order valence-electron chi connectivity index (χ0n) is 7.81. The van der Waals surface area contributed by atoms with Crippen LogP contribution in [-0.4, -0.2) is 14.4 Å². The molecule has 16 heavy (non-hydrogen) atoms. The fraction of sp³-hybridized carbons (Fsp3) is 0. The molecule has 0 spiro atoms. The highest BCUT2D eigenvalue weighted by Crippen LogP contribution is 2.27. The third-order valence-corrected chi connectivity index (χ3v) is 3.52. The summed E-state index contributed by atoms with van der Waals surface area (Å²) >= 11 is 2.83. The van der Waals surface area contributed by atoms with Crippen LogP contribution in [0, 0.1) is 5.82 Å². The summed E-state index contributed by atoms with van der Waals surface area (Å²) in [4.78, 5) is -0.367. The molecule has 0 fully saturated rings.